The third-order valence-electron chi connectivity index (χ3n) is 4.84. The molecule has 3 aromatic carbocycles. The van der Waals surface area contributed by atoms with Crippen LogP contribution in [0.5, 0.6) is 0 Å². The van der Waals surface area contributed by atoms with Crippen LogP contribution in [0.4, 0.5) is 10.1 Å². The fourth-order valence-electron chi connectivity index (χ4n) is 3.14. The Kier molecular flexibility index (Phi) is 7.50. The van der Waals surface area contributed by atoms with Crippen molar-refractivity contribution in [1.82, 2.24) is 10.2 Å². The van der Waals surface area contributed by atoms with Gasteiger partial charge in [-0.05, 0) is 62.1 Å². The molecule has 0 aliphatic rings. The molecule has 0 aliphatic carbocycles. The monoisotopic (exact) mass is 475 g/mol. The van der Waals surface area contributed by atoms with E-state index in [1.54, 1.807) is 0 Å². The van der Waals surface area contributed by atoms with Crippen molar-refractivity contribution in [3.8, 4) is 0 Å². The van der Waals surface area contributed by atoms with Crippen molar-refractivity contribution in [2.24, 2.45) is 0 Å². The number of hydrogen-bond acceptors (Lipinski definition) is 4. The molecule has 6 nitrogen and oxygen atoms in total. The highest BCUT2D eigenvalue weighted by molar-refractivity contribution is 7.92. The average molecular weight is 476 g/mol. The van der Waals surface area contributed by atoms with E-state index in [-0.39, 0.29) is 27.2 Å². The lowest BCUT2D eigenvalue weighted by molar-refractivity contribution is 0.0941. The van der Waals surface area contributed by atoms with Crippen LogP contribution in [0.1, 0.15) is 22.0 Å². The predicted octanol–water partition coefficient (Wildman–Crippen LogP) is 4.31. The van der Waals surface area contributed by atoms with Gasteiger partial charge in [-0.1, -0.05) is 41.9 Å². The van der Waals surface area contributed by atoms with Gasteiger partial charge in [-0.3, -0.25) is 9.52 Å². The van der Waals surface area contributed by atoms with E-state index in [0.717, 1.165) is 17.7 Å². The van der Waals surface area contributed by atoms with Crippen LogP contribution in [0.15, 0.2) is 77.7 Å². The van der Waals surface area contributed by atoms with Gasteiger partial charge in [0.15, 0.2) is 0 Å². The van der Waals surface area contributed by atoms with E-state index >= 15 is 0 Å². The van der Waals surface area contributed by atoms with Crippen LogP contribution < -0.4 is 10.0 Å². The van der Waals surface area contributed by atoms with Gasteiger partial charge in [-0.2, -0.15) is 0 Å². The van der Waals surface area contributed by atoms with Gasteiger partial charge in [0.05, 0.1) is 11.1 Å². The lowest BCUT2D eigenvalue weighted by Crippen LogP contribution is -2.34. The van der Waals surface area contributed by atoms with Crippen molar-refractivity contribution >= 4 is 33.2 Å². The molecule has 1 atom stereocenters. The second-order valence-electron chi connectivity index (χ2n) is 7.36. The minimum Gasteiger partial charge on any atom is -0.350 e. The first-order chi connectivity index (χ1) is 15.2. The van der Waals surface area contributed by atoms with Crippen LogP contribution in [0, 0.1) is 5.82 Å². The lowest BCUT2D eigenvalue weighted by atomic mass is 10.1. The lowest BCUT2D eigenvalue weighted by Gasteiger charge is -2.25. The SMILES string of the molecule is CN(C)[C@H](CNC(=O)c1ccc(Cl)c(S(=O)(=O)Nc2ccc(F)cc2)c1)c1ccccc1. The van der Waals surface area contributed by atoms with Crippen molar-refractivity contribution < 1.29 is 17.6 Å². The number of halogens is 2. The number of nitrogens with one attached hydrogen (secondary N) is 2. The fourth-order valence-corrected chi connectivity index (χ4v) is 4.73. The zero-order valence-corrected chi connectivity index (χ0v) is 19.1. The van der Waals surface area contributed by atoms with Gasteiger partial charge in [-0.15, -0.1) is 0 Å². The van der Waals surface area contributed by atoms with E-state index in [4.69, 9.17) is 11.6 Å². The molecule has 0 spiro atoms. The Balaban J connectivity index is 1.78. The average Bonchev–Trinajstić information content (AvgIpc) is 2.76. The van der Waals surface area contributed by atoms with Crippen molar-refractivity contribution in [2.75, 3.05) is 25.4 Å². The maximum Gasteiger partial charge on any atom is 0.263 e. The summed E-state index contributed by atoms with van der Waals surface area (Å²) in [6.07, 6.45) is 0. The van der Waals surface area contributed by atoms with E-state index in [2.05, 4.69) is 10.0 Å². The molecule has 3 aromatic rings. The Bertz CT molecular complexity index is 1190. The van der Waals surface area contributed by atoms with Gasteiger partial charge in [0.2, 0.25) is 0 Å². The summed E-state index contributed by atoms with van der Waals surface area (Å²) in [6.45, 7) is 0.328. The number of hydrogen-bond donors (Lipinski definition) is 2. The summed E-state index contributed by atoms with van der Waals surface area (Å²) in [4.78, 5) is 14.5. The maximum absolute atomic E-state index is 13.1. The minimum absolute atomic E-state index is 0.0355. The molecule has 0 radical (unpaired) electrons. The van der Waals surface area contributed by atoms with E-state index in [1.807, 2.05) is 49.3 Å². The Hall–Kier alpha value is -2.94. The Morgan fingerprint density at radius 2 is 1.69 bits per heavy atom. The van der Waals surface area contributed by atoms with E-state index in [9.17, 15) is 17.6 Å². The highest BCUT2D eigenvalue weighted by Gasteiger charge is 2.21. The third-order valence-corrected chi connectivity index (χ3v) is 6.71. The largest absolute Gasteiger partial charge is 0.350 e. The molecule has 0 heterocycles. The molecule has 0 aromatic heterocycles. The topological polar surface area (TPSA) is 78.5 Å². The highest BCUT2D eigenvalue weighted by atomic mass is 35.5. The van der Waals surface area contributed by atoms with Crippen molar-refractivity contribution in [2.45, 2.75) is 10.9 Å². The van der Waals surface area contributed by atoms with Crippen LogP contribution in [0.2, 0.25) is 5.02 Å². The smallest absolute Gasteiger partial charge is 0.263 e. The minimum atomic E-state index is -4.09. The highest BCUT2D eigenvalue weighted by Crippen LogP contribution is 2.25. The van der Waals surface area contributed by atoms with Gasteiger partial charge in [-0.25, -0.2) is 12.8 Å². The first-order valence-electron chi connectivity index (χ1n) is 9.75. The van der Waals surface area contributed by atoms with Crippen LogP contribution in [-0.4, -0.2) is 39.9 Å². The number of nitrogens with zero attached hydrogens (tertiary/aromatic N) is 1. The quantitative estimate of drug-likeness (QED) is 0.508. The van der Waals surface area contributed by atoms with Crippen LogP contribution in [0.3, 0.4) is 0 Å². The summed E-state index contributed by atoms with van der Waals surface area (Å²) in [5.74, 6) is -0.918. The second kappa shape index (κ2) is 10.1. The van der Waals surface area contributed by atoms with Crippen LogP contribution >= 0.6 is 11.6 Å². The van der Waals surface area contributed by atoms with Crippen LogP contribution in [-0.2, 0) is 10.0 Å². The molecule has 0 unspecified atom stereocenters. The molecule has 2 N–H and O–H groups in total. The number of sulfonamides is 1. The molecule has 0 saturated heterocycles. The number of carbonyl (C=O) groups excluding carboxylic acids is 1. The second-order valence-corrected chi connectivity index (χ2v) is 9.42. The Morgan fingerprint density at radius 1 is 1.03 bits per heavy atom. The van der Waals surface area contributed by atoms with Gasteiger partial charge in [0, 0.05) is 17.8 Å². The first-order valence-corrected chi connectivity index (χ1v) is 11.6. The normalized spacial score (nSPS) is 12.4. The van der Waals surface area contributed by atoms with Crippen molar-refractivity contribution in [3.63, 3.8) is 0 Å². The van der Waals surface area contributed by atoms with Gasteiger partial charge < -0.3 is 10.2 Å². The summed E-state index contributed by atoms with van der Waals surface area (Å²) in [5.41, 5.74) is 1.37. The number of amides is 1. The number of carbonyl (C=O) groups is 1. The summed E-state index contributed by atoms with van der Waals surface area (Å²) in [5, 5.41) is 2.82. The molecular formula is C23H23ClFN3O3S. The zero-order valence-electron chi connectivity index (χ0n) is 17.5. The molecule has 1 amide bonds. The van der Waals surface area contributed by atoms with Crippen molar-refractivity contribution in [3.05, 3.63) is 94.8 Å². The molecular weight excluding hydrogens is 453 g/mol. The zero-order chi connectivity index (χ0) is 23.3. The van der Waals surface area contributed by atoms with E-state index < -0.39 is 21.7 Å². The fraction of sp³-hybridized carbons (Fsp3) is 0.174. The van der Waals surface area contributed by atoms with Gasteiger partial charge in [0.1, 0.15) is 10.7 Å². The number of likely N-dealkylation sites (N-methyl/N-ethyl adjacent to an activating group) is 1. The Labute approximate surface area is 192 Å². The molecule has 3 rings (SSSR count). The summed E-state index contributed by atoms with van der Waals surface area (Å²) < 4.78 is 41.0. The van der Waals surface area contributed by atoms with Gasteiger partial charge >= 0.3 is 0 Å². The van der Waals surface area contributed by atoms with Crippen molar-refractivity contribution in [1.29, 1.82) is 0 Å². The molecule has 9 heteroatoms. The summed E-state index contributed by atoms with van der Waals surface area (Å²) in [7, 11) is -0.264. The molecule has 0 bridgehead atoms. The van der Waals surface area contributed by atoms with E-state index in [0.29, 0.717) is 6.54 Å². The Morgan fingerprint density at radius 3 is 2.31 bits per heavy atom. The summed E-state index contributed by atoms with van der Waals surface area (Å²) >= 11 is 6.11. The number of rotatable bonds is 8. The van der Waals surface area contributed by atoms with Gasteiger partial charge in [0.25, 0.3) is 15.9 Å². The van der Waals surface area contributed by atoms with E-state index in [1.165, 1.54) is 30.3 Å². The third kappa shape index (κ3) is 5.85. The molecule has 0 aliphatic heterocycles. The number of benzene rings is 3. The molecule has 168 valence electrons. The first kappa shape index (κ1) is 23.7. The molecule has 0 saturated carbocycles. The molecule has 32 heavy (non-hydrogen) atoms. The standard InChI is InChI=1S/C23H23ClFN3O3S/c1-28(2)21(16-6-4-3-5-7-16)15-26-23(29)17-8-13-20(24)22(14-17)32(30,31)27-19-11-9-18(25)10-12-19/h3-14,21,27H,15H2,1-2H3,(H,26,29)/t21-/m1/s1. The van der Waals surface area contributed by atoms with Crippen LogP contribution in [0.25, 0.3) is 0 Å². The summed E-state index contributed by atoms with van der Waals surface area (Å²) in [6, 6.07) is 18.6. The molecule has 0 fully saturated rings. The number of anilines is 1. The maximum atomic E-state index is 13.1. The predicted molar refractivity (Wildman–Crippen MR) is 124 cm³/mol.